The first kappa shape index (κ1) is 13.9. The van der Waals surface area contributed by atoms with E-state index in [1.807, 2.05) is 7.05 Å². The summed E-state index contributed by atoms with van der Waals surface area (Å²) in [6.07, 6.45) is 0. The van der Waals surface area contributed by atoms with Crippen molar-refractivity contribution in [1.82, 2.24) is 10.2 Å². The molecule has 19 heavy (non-hydrogen) atoms. The first-order valence-electron chi connectivity index (χ1n) is 6.84. The third-order valence-corrected chi connectivity index (χ3v) is 3.68. The van der Waals surface area contributed by atoms with Crippen LogP contribution >= 0.6 is 0 Å². The van der Waals surface area contributed by atoms with Crippen molar-refractivity contribution >= 4 is 5.69 Å². The van der Waals surface area contributed by atoms with Crippen molar-refractivity contribution in [2.24, 2.45) is 0 Å². The first-order valence-corrected chi connectivity index (χ1v) is 6.84. The van der Waals surface area contributed by atoms with E-state index in [2.05, 4.69) is 52.4 Å². The highest BCUT2D eigenvalue weighted by Gasteiger charge is 2.19. The fourth-order valence-corrected chi connectivity index (χ4v) is 2.47. The molecule has 0 aromatic heterocycles. The van der Waals surface area contributed by atoms with Gasteiger partial charge in [0.05, 0.1) is 6.07 Å². The second-order valence-electron chi connectivity index (χ2n) is 5.10. The Morgan fingerprint density at radius 1 is 1.32 bits per heavy atom. The lowest BCUT2D eigenvalue weighted by atomic mass is 10.2. The highest BCUT2D eigenvalue weighted by Crippen LogP contribution is 2.17. The molecule has 1 heterocycles. The summed E-state index contributed by atoms with van der Waals surface area (Å²) < 4.78 is 0. The van der Waals surface area contributed by atoms with E-state index in [-0.39, 0.29) is 6.04 Å². The monoisotopic (exact) mass is 258 g/mol. The van der Waals surface area contributed by atoms with E-state index in [1.165, 1.54) is 11.3 Å². The molecular weight excluding hydrogens is 236 g/mol. The van der Waals surface area contributed by atoms with E-state index in [9.17, 15) is 0 Å². The summed E-state index contributed by atoms with van der Waals surface area (Å²) >= 11 is 0. The fourth-order valence-electron chi connectivity index (χ4n) is 2.47. The molecule has 0 bridgehead atoms. The maximum absolute atomic E-state index is 8.97. The van der Waals surface area contributed by atoms with Gasteiger partial charge >= 0.3 is 0 Å². The van der Waals surface area contributed by atoms with Crippen LogP contribution in [0.5, 0.6) is 0 Å². The number of benzene rings is 1. The molecule has 0 spiro atoms. The van der Waals surface area contributed by atoms with Gasteiger partial charge in [0.15, 0.2) is 0 Å². The van der Waals surface area contributed by atoms with Gasteiger partial charge in [0.25, 0.3) is 0 Å². The Labute approximate surface area is 115 Å². The number of nitriles is 1. The number of aryl methyl sites for hydroxylation is 1. The van der Waals surface area contributed by atoms with Crippen LogP contribution in [-0.2, 0) is 0 Å². The van der Waals surface area contributed by atoms with Crippen molar-refractivity contribution in [3.05, 3.63) is 29.8 Å². The van der Waals surface area contributed by atoms with Crippen molar-refractivity contribution in [3.63, 3.8) is 0 Å². The summed E-state index contributed by atoms with van der Waals surface area (Å²) in [7, 11) is 1.84. The van der Waals surface area contributed by atoms with E-state index in [0.717, 1.165) is 32.7 Å². The highest BCUT2D eigenvalue weighted by atomic mass is 15.3. The van der Waals surface area contributed by atoms with Gasteiger partial charge in [-0.25, -0.2) is 0 Å². The number of rotatable bonds is 4. The van der Waals surface area contributed by atoms with Crippen LogP contribution in [0.25, 0.3) is 0 Å². The molecule has 0 amide bonds. The molecule has 1 aromatic carbocycles. The molecule has 0 radical (unpaired) electrons. The van der Waals surface area contributed by atoms with Crippen LogP contribution in [0, 0.1) is 18.3 Å². The third kappa shape index (κ3) is 3.69. The van der Waals surface area contributed by atoms with Crippen LogP contribution < -0.4 is 10.2 Å². The zero-order valence-electron chi connectivity index (χ0n) is 11.8. The van der Waals surface area contributed by atoms with Gasteiger partial charge in [-0.15, -0.1) is 0 Å². The van der Waals surface area contributed by atoms with Gasteiger partial charge in [0, 0.05) is 38.4 Å². The number of nitrogens with zero attached hydrogens (tertiary/aromatic N) is 3. The number of hydrogen-bond acceptors (Lipinski definition) is 4. The summed E-state index contributed by atoms with van der Waals surface area (Å²) in [5.74, 6) is 0. The van der Waals surface area contributed by atoms with E-state index < -0.39 is 0 Å². The first-order chi connectivity index (χ1) is 9.22. The predicted molar refractivity (Wildman–Crippen MR) is 78.3 cm³/mol. The average molecular weight is 258 g/mol. The number of hydrogen-bond donors (Lipinski definition) is 1. The lowest BCUT2D eigenvalue weighted by Crippen LogP contribution is -2.50. The Bertz CT molecular complexity index is 444. The SMILES string of the molecule is CNC(C#N)CN1CCN(c2cccc(C)c2)CC1. The Morgan fingerprint density at radius 3 is 2.63 bits per heavy atom. The van der Waals surface area contributed by atoms with E-state index in [0.29, 0.717) is 0 Å². The fraction of sp³-hybridized carbons (Fsp3) is 0.533. The number of anilines is 1. The van der Waals surface area contributed by atoms with Crippen LogP contribution in [0.4, 0.5) is 5.69 Å². The lowest BCUT2D eigenvalue weighted by Gasteiger charge is -2.36. The van der Waals surface area contributed by atoms with Gasteiger partial charge in [-0.3, -0.25) is 4.90 Å². The number of likely N-dealkylation sites (N-methyl/N-ethyl adjacent to an activating group) is 1. The molecule has 102 valence electrons. The summed E-state index contributed by atoms with van der Waals surface area (Å²) in [6.45, 7) is 7.05. The van der Waals surface area contributed by atoms with Crippen LogP contribution in [0.1, 0.15) is 5.56 Å². The Kier molecular flexibility index (Phi) is 4.78. The molecule has 4 heteroatoms. The minimum atomic E-state index is -0.0643. The quantitative estimate of drug-likeness (QED) is 0.882. The highest BCUT2D eigenvalue weighted by molar-refractivity contribution is 5.48. The van der Waals surface area contributed by atoms with Gasteiger partial charge in [-0.1, -0.05) is 12.1 Å². The predicted octanol–water partition coefficient (Wildman–Crippen LogP) is 1.23. The van der Waals surface area contributed by atoms with Gasteiger partial charge < -0.3 is 10.2 Å². The van der Waals surface area contributed by atoms with Crippen molar-refractivity contribution in [1.29, 1.82) is 5.26 Å². The second-order valence-corrected chi connectivity index (χ2v) is 5.10. The normalized spacial score (nSPS) is 18.1. The molecule has 1 N–H and O–H groups in total. The zero-order chi connectivity index (χ0) is 13.7. The minimum Gasteiger partial charge on any atom is -0.369 e. The number of nitrogens with one attached hydrogen (secondary N) is 1. The standard InChI is InChI=1S/C15H22N4/c1-13-4-3-5-15(10-13)19-8-6-18(7-9-19)12-14(11-16)17-2/h3-5,10,14,17H,6-9,12H2,1-2H3. The molecule has 1 aliphatic heterocycles. The van der Waals surface area contributed by atoms with Gasteiger partial charge in [-0.2, -0.15) is 5.26 Å². The van der Waals surface area contributed by atoms with Crippen LogP contribution in [0.15, 0.2) is 24.3 Å². The molecule has 1 atom stereocenters. The summed E-state index contributed by atoms with van der Waals surface area (Å²) in [4.78, 5) is 4.78. The second kappa shape index (κ2) is 6.55. The molecule has 1 saturated heterocycles. The van der Waals surface area contributed by atoms with Crippen LogP contribution in [0.2, 0.25) is 0 Å². The molecule has 0 saturated carbocycles. The average Bonchev–Trinajstić information content (AvgIpc) is 2.45. The van der Waals surface area contributed by atoms with E-state index >= 15 is 0 Å². The summed E-state index contributed by atoms with van der Waals surface area (Å²) in [5.41, 5.74) is 2.62. The van der Waals surface area contributed by atoms with Crippen molar-refractivity contribution < 1.29 is 0 Å². The van der Waals surface area contributed by atoms with Crippen molar-refractivity contribution in [3.8, 4) is 6.07 Å². The molecule has 2 rings (SSSR count). The summed E-state index contributed by atoms with van der Waals surface area (Å²) in [6, 6.07) is 10.9. The Balaban J connectivity index is 1.87. The zero-order valence-corrected chi connectivity index (χ0v) is 11.8. The molecule has 1 fully saturated rings. The molecule has 1 unspecified atom stereocenters. The van der Waals surface area contributed by atoms with E-state index in [4.69, 9.17) is 5.26 Å². The maximum Gasteiger partial charge on any atom is 0.108 e. The van der Waals surface area contributed by atoms with Crippen molar-refractivity contribution in [2.75, 3.05) is 44.7 Å². The van der Waals surface area contributed by atoms with Gasteiger partial charge in [0.2, 0.25) is 0 Å². The molecule has 1 aromatic rings. The lowest BCUT2D eigenvalue weighted by molar-refractivity contribution is 0.246. The van der Waals surface area contributed by atoms with Gasteiger partial charge in [0.1, 0.15) is 6.04 Å². The van der Waals surface area contributed by atoms with E-state index in [1.54, 1.807) is 0 Å². The molecular formula is C15H22N4. The van der Waals surface area contributed by atoms with Crippen LogP contribution in [0.3, 0.4) is 0 Å². The van der Waals surface area contributed by atoms with Crippen molar-refractivity contribution in [2.45, 2.75) is 13.0 Å². The smallest absolute Gasteiger partial charge is 0.108 e. The topological polar surface area (TPSA) is 42.3 Å². The Hall–Kier alpha value is -1.57. The largest absolute Gasteiger partial charge is 0.369 e. The Morgan fingerprint density at radius 2 is 2.05 bits per heavy atom. The molecule has 0 aliphatic carbocycles. The van der Waals surface area contributed by atoms with Crippen LogP contribution in [-0.4, -0.2) is 50.7 Å². The molecule has 4 nitrogen and oxygen atoms in total. The summed E-state index contributed by atoms with van der Waals surface area (Å²) in [5, 5.41) is 12.0. The third-order valence-electron chi connectivity index (χ3n) is 3.68. The maximum atomic E-state index is 8.97. The van der Waals surface area contributed by atoms with Gasteiger partial charge in [-0.05, 0) is 31.7 Å². The molecule has 1 aliphatic rings. The minimum absolute atomic E-state index is 0.0643. The number of piperazine rings is 1.